The summed E-state index contributed by atoms with van der Waals surface area (Å²) in [5, 5.41) is 0.636. The van der Waals surface area contributed by atoms with Crippen LogP contribution in [0.25, 0.3) is 0 Å². The van der Waals surface area contributed by atoms with Gasteiger partial charge in [-0.3, -0.25) is 9.59 Å². The standard InChI is InChI=1S/C14H15ClN2O2/c15-11-5-2-1-4-10(11)8-16-9-13(18)17-7-3-6-12(17)14(16)19/h1-2,4-5,12H,3,6-9H2. The molecule has 100 valence electrons. The molecular formula is C14H15ClN2O2. The van der Waals surface area contributed by atoms with Crippen LogP contribution in [-0.2, 0) is 16.1 Å². The molecule has 0 spiro atoms. The van der Waals surface area contributed by atoms with Crippen LogP contribution in [0.3, 0.4) is 0 Å². The minimum absolute atomic E-state index is 0.0501. The summed E-state index contributed by atoms with van der Waals surface area (Å²) in [6, 6.07) is 7.19. The molecule has 19 heavy (non-hydrogen) atoms. The Kier molecular flexibility index (Phi) is 3.19. The third kappa shape index (κ3) is 2.21. The largest absolute Gasteiger partial charge is 0.329 e. The highest BCUT2D eigenvalue weighted by atomic mass is 35.5. The molecule has 3 rings (SSSR count). The van der Waals surface area contributed by atoms with Crippen molar-refractivity contribution in [3.05, 3.63) is 34.9 Å². The Hall–Kier alpha value is -1.55. The Morgan fingerprint density at radius 3 is 2.84 bits per heavy atom. The van der Waals surface area contributed by atoms with Crippen LogP contribution < -0.4 is 0 Å². The van der Waals surface area contributed by atoms with Crippen LogP contribution in [0.4, 0.5) is 0 Å². The number of halogens is 1. The SMILES string of the molecule is O=C1C2CCCN2C(=O)CN1Cc1ccccc1Cl. The number of hydrogen-bond acceptors (Lipinski definition) is 2. The molecule has 1 aromatic carbocycles. The molecule has 0 radical (unpaired) electrons. The minimum Gasteiger partial charge on any atom is -0.329 e. The van der Waals surface area contributed by atoms with E-state index >= 15 is 0 Å². The zero-order valence-electron chi connectivity index (χ0n) is 10.5. The van der Waals surface area contributed by atoms with E-state index in [9.17, 15) is 9.59 Å². The fourth-order valence-electron chi connectivity index (χ4n) is 2.83. The van der Waals surface area contributed by atoms with Gasteiger partial charge in [0.1, 0.15) is 12.6 Å². The number of fused-ring (bicyclic) bond motifs is 1. The van der Waals surface area contributed by atoms with Gasteiger partial charge in [-0.25, -0.2) is 0 Å². The van der Waals surface area contributed by atoms with E-state index in [0.717, 1.165) is 24.9 Å². The van der Waals surface area contributed by atoms with Gasteiger partial charge in [-0.2, -0.15) is 0 Å². The maximum Gasteiger partial charge on any atom is 0.246 e. The first-order valence-corrected chi connectivity index (χ1v) is 6.86. The van der Waals surface area contributed by atoms with Crippen molar-refractivity contribution < 1.29 is 9.59 Å². The van der Waals surface area contributed by atoms with E-state index in [1.54, 1.807) is 15.9 Å². The molecule has 2 aliphatic heterocycles. The quantitative estimate of drug-likeness (QED) is 0.826. The second kappa shape index (κ2) is 4.85. The number of amides is 2. The molecule has 2 fully saturated rings. The lowest BCUT2D eigenvalue weighted by atomic mass is 10.1. The zero-order valence-corrected chi connectivity index (χ0v) is 11.3. The van der Waals surface area contributed by atoms with Crippen LogP contribution in [0.1, 0.15) is 18.4 Å². The van der Waals surface area contributed by atoms with Crippen LogP contribution in [-0.4, -0.2) is 40.7 Å². The Bertz CT molecular complexity index is 532. The molecule has 0 saturated carbocycles. The van der Waals surface area contributed by atoms with Crippen molar-refractivity contribution in [2.45, 2.75) is 25.4 Å². The Morgan fingerprint density at radius 2 is 2.05 bits per heavy atom. The van der Waals surface area contributed by atoms with E-state index < -0.39 is 0 Å². The molecule has 4 nitrogen and oxygen atoms in total. The van der Waals surface area contributed by atoms with E-state index in [1.807, 2.05) is 18.2 Å². The topological polar surface area (TPSA) is 40.6 Å². The molecule has 2 amide bonds. The predicted octanol–water partition coefficient (Wildman–Crippen LogP) is 1.67. The summed E-state index contributed by atoms with van der Waals surface area (Å²) in [6.45, 7) is 1.30. The summed E-state index contributed by atoms with van der Waals surface area (Å²) in [5.74, 6) is 0.103. The summed E-state index contributed by atoms with van der Waals surface area (Å²) >= 11 is 6.11. The van der Waals surface area contributed by atoms with Crippen molar-refractivity contribution in [3.63, 3.8) is 0 Å². The van der Waals surface area contributed by atoms with Crippen LogP contribution in [0.15, 0.2) is 24.3 Å². The lowest BCUT2D eigenvalue weighted by Gasteiger charge is -2.36. The lowest BCUT2D eigenvalue weighted by Crippen LogP contribution is -2.56. The Labute approximate surface area is 116 Å². The summed E-state index contributed by atoms with van der Waals surface area (Å²) in [7, 11) is 0. The third-order valence-electron chi connectivity index (χ3n) is 3.82. The summed E-state index contributed by atoms with van der Waals surface area (Å²) < 4.78 is 0. The highest BCUT2D eigenvalue weighted by Gasteiger charge is 2.41. The molecule has 1 unspecified atom stereocenters. The molecule has 2 saturated heterocycles. The van der Waals surface area contributed by atoms with Crippen molar-refractivity contribution >= 4 is 23.4 Å². The maximum atomic E-state index is 12.4. The first-order chi connectivity index (χ1) is 9.16. The van der Waals surface area contributed by atoms with Crippen LogP contribution in [0, 0.1) is 0 Å². The first-order valence-electron chi connectivity index (χ1n) is 6.48. The van der Waals surface area contributed by atoms with E-state index in [1.165, 1.54) is 0 Å². The van der Waals surface area contributed by atoms with E-state index in [4.69, 9.17) is 11.6 Å². The molecule has 0 bridgehead atoms. The zero-order chi connectivity index (χ0) is 13.4. The fraction of sp³-hybridized carbons (Fsp3) is 0.429. The Morgan fingerprint density at radius 1 is 1.26 bits per heavy atom. The number of carbonyl (C=O) groups is 2. The monoisotopic (exact) mass is 278 g/mol. The predicted molar refractivity (Wildman–Crippen MR) is 71.6 cm³/mol. The van der Waals surface area contributed by atoms with Crippen LogP contribution in [0.5, 0.6) is 0 Å². The maximum absolute atomic E-state index is 12.4. The van der Waals surface area contributed by atoms with Crippen molar-refractivity contribution in [2.75, 3.05) is 13.1 Å². The van der Waals surface area contributed by atoms with Gasteiger partial charge in [0.25, 0.3) is 0 Å². The molecule has 1 atom stereocenters. The van der Waals surface area contributed by atoms with Gasteiger partial charge >= 0.3 is 0 Å². The average Bonchev–Trinajstić information content (AvgIpc) is 2.88. The Balaban J connectivity index is 1.80. The number of nitrogens with zero attached hydrogens (tertiary/aromatic N) is 2. The molecule has 5 heteroatoms. The highest BCUT2D eigenvalue weighted by molar-refractivity contribution is 6.31. The molecule has 0 aliphatic carbocycles. The summed E-state index contributed by atoms with van der Waals surface area (Å²) in [4.78, 5) is 27.7. The third-order valence-corrected chi connectivity index (χ3v) is 4.18. The summed E-state index contributed by atoms with van der Waals surface area (Å²) in [6.07, 6.45) is 1.70. The second-order valence-corrected chi connectivity index (χ2v) is 5.44. The molecule has 2 heterocycles. The van der Waals surface area contributed by atoms with Gasteiger partial charge in [0.05, 0.1) is 0 Å². The second-order valence-electron chi connectivity index (χ2n) is 5.03. The van der Waals surface area contributed by atoms with Gasteiger partial charge in [-0.15, -0.1) is 0 Å². The van der Waals surface area contributed by atoms with E-state index in [-0.39, 0.29) is 24.4 Å². The normalized spacial score (nSPS) is 22.9. The molecule has 2 aliphatic rings. The van der Waals surface area contributed by atoms with Gasteiger partial charge in [0.15, 0.2) is 0 Å². The first kappa shape index (κ1) is 12.5. The molecule has 1 aromatic rings. The summed E-state index contributed by atoms with van der Waals surface area (Å²) in [5.41, 5.74) is 0.886. The van der Waals surface area contributed by atoms with Crippen molar-refractivity contribution in [1.29, 1.82) is 0 Å². The van der Waals surface area contributed by atoms with Gasteiger partial charge in [0.2, 0.25) is 11.8 Å². The minimum atomic E-state index is -0.247. The average molecular weight is 279 g/mol. The van der Waals surface area contributed by atoms with Crippen molar-refractivity contribution in [3.8, 4) is 0 Å². The molecule has 0 N–H and O–H groups in total. The van der Waals surface area contributed by atoms with Gasteiger partial charge in [-0.05, 0) is 24.5 Å². The van der Waals surface area contributed by atoms with Crippen molar-refractivity contribution in [2.24, 2.45) is 0 Å². The van der Waals surface area contributed by atoms with Gasteiger partial charge in [0, 0.05) is 18.1 Å². The molecule has 0 aromatic heterocycles. The number of carbonyl (C=O) groups excluding carboxylic acids is 2. The van der Waals surface area contributed by atoms with E-state index in [0.29, 0.717) is 11.6 Å². The van der Waals surface area contributed by atoms with Gasteiger partial charge < -0.3 is 9.80 Å². The smallest absolute Gasteiger partial charge is 0.246 e. The number of benzene rings is 1. The van der Waals surface area contributed by atoms with Gasteiger partial charge in [-0.1, -0.05) is 29.8 Å². The number of hydrogen-bond donors (Lipinski definition) is 0. The van der Waals surface area contributed by atoms with E-state index in [2.05, 4.69) is 0 Å². The lowest BCUT2D eigenvalue weighted by molar-refractivity contribution is -0.154. The fourth-order valence-corrected chi connectivity index (χ4v) is 3.03. The number of rotatable bonds is 2. The number of piperazine rings is 1. The van der Waals surface area contributed by atoms with Crippen molar-refractivity contribution in [1.82, 2.24) is 9.80 Å². The van der Waals surface area contributed by atoms with Crippen LogP contribution in [0.2, 0.25) is 5.02 Å². The highest BCUT2D eigenvalue weighted by Crippen LogP contribution is 2.26. The molecular weight excluding hydrogens is 264 g/mol. The van der Waals surface area contributed by atoms with Crippen LogP contribution >= 0.6 is 11.6 Å².